The molecule has 0 unspecified atom stereocenters. The van der Waals surface area contributed by atoms with E-state index < -0.39 is 28.6 Å². The fourth-order valence-electron chi connectivity index (χ4n) is 4.64. The topological polar surface area (TPSA) is 135 Å². The van der Waals surface area contributed by atoms with Gasteiger partial charge in [-0.25, -0.2) is 9.37 Å². The Kier molecular flexibility index (Phi) is 14.1. The van der Waals surface area contributed by atoms with Gasteiger partial charge in [-0.15, -0.1) is 0 Å². The Morgan fingerprint density at radius 1 is 0.953 bits per heavy atom. The molecule has 0 atom stereocenters. The zero-order chi connectivity index (χ0) is 32.0. The first-order valence-corrected chi connectivity index (χ1v) is 15.9. The molecule has 0 saturated carbocycles. The van der Waals surface area contributed by atoms with Crippen molar-refractivity contribution in [3.8, 4) is 22.5 Å². The molecule has 10 nitrogen and oxygen atoms in total. The molecule has 11 heteroatoms. The number of rotatable bonds is 9. The van der Waals surface area contributed by atoms with Crippen molar-refractivity contribution in [2.24, 2.45) is 5.73 Å². The average Bonchev–Trinajstić information content (AvgIpc) is 3.02. The number of carbonyl (C=O) groups is 1. The number of nitrogens with zero attached hydrogens (tertiary/aromatic N) is 2. The van der Waals surface area contributed by atoms with Gasteiger partial charge in [0.1, 0.15) is 36.8 Å². The van der Waals surface area contributed by atoms with Gasteiger partial charge < -0.3 is 24.5 Å². The molecule has 234 valence electrons. The van der Waals surface area contributed by atoms with Crippen LogP contribution in [0.1, 0.15) is 27.7 Å². The van der Waals surface area contributed by atoms with E-state index in [1.165, 1.54) is 29.2 Å². The molecule has 1 heterocycles. The molecular formula is C32H44N3O7S+. The van der Waals surface area contributed by atoms with Crippen LogP contribution in [0.4, 0.5) is 10.5 Å². The lowest BCUT2D eigenvalue weighted by atomic mass is 9.93. The van der Waals surface area contributed by atoms with Crippen LogP contribution in [0.5, 0.6) is 0 Å². The Morgan fingerprint density at radius 2 is 1.60 bits per heavy atom. The minimum Gasteiger partial charge on any atom is -0.456 e. The van der Waals surface area contributed by atoms with Crippen molar-refractivity contribution in [3.05, 3.63) is 72.1 Å². The lowest BCUT2D eigenvalue weighted by molar-refractivity contribution is 0.0774. The highest BCUT2D eigenvalue weighted by Gasteiger charge is 2.19. The molecule has 0 fully saturated rings. The van der Waals surface area contributed by atoms with Crippen LogP contribution in [0.25, 0.3) is 33.4 Å². The van der Waals surface area contributed by atoms with E-state index in [0.717, 1.165) is 55.6 Å². The summed E-state index contributed by atoms with van der Waals surface area (Å²) >= 11 is 0. The number of hydrogen-bond donors (Lipinski definition) is 2. The number of hydrogen-bond acceptors (Lipinski definition) is 8. The molecular weight excluding hydrogens is 570 g/mol. The van der Waals surface area contributed by atoms with Gasteiger partial charge in [-0.2, -0.15) is 8.42 Å². The van der Waals surface area contributed by atoms with Crippen LogP contribution in [0.3, 0.4) is 0 Å². The smallest absolute Gasteiger partial charge is 0.456 e. The van der Waals surface area contributed by atoms with E-state index in [9.17, 15) is 13.2 Å². The van der Waals surface area contributed by atoms with Crippen molar-refractivity contribution in [3.63, 3.8) is 0 Å². The highest BCUT2D eigenvalue weighted by atomic mass is 32.2. The lowest BCUT2D eigenvalue weighted by Crippen LogP contribution is -2.29. The summed E-state index contributed by atoms with van der Waals surface area (Å²) in [7, 11) is -1.47. The average molecular weight is 615 g/mol. The van der Waals surface area contributed by atoms with E-state index in [2.05, 4.69) is 119 Å². The van der Waals surface area contributed by atoms with Crippen LogP contribution < -0.4 is 20.6 Å². The first kappa shape index (κ1) is 35.3. The number of carbonyl (C=O) groups excluding carboxylic acids is 1. The Morgan fingerprint density at radius 3 is 2.16 bits per heavy atom. The molecule has 0 saturated heterocycles. The summed E-state index contributed by atoms with van der Waals surface area (Å²) in [5.41, 5.74) is 10.2. The normalized spacial score (nSPS) is 10.7. The molecule has 0 spiro atoms. The lowest BCUT2D eigenvalue weighted by Gasteiger charge is -2.22. The summed E-state index contributed by atoms with van der Waals surface area (Å²) < 4.78 is 45.3. The number of anilines is 1. The zero-order valence-electron chi connectivity index (χ0n) is 25.9. The molecule has 1 aliphatic carbocycles. The van der Waals surface area contributed by atoms with Crippen molar-refractivity contribution < 1.29 is 31.7 Å². The minimum atomic E-state index is -4.06. The van der Waals surface area contributed by atoms with Gasteiger partial charge in [0.25, 0.3) is 10.1 Å². The second-order valence-corrected chi connectivity index (χ2v) is 10.7. The molecule has 43 heavy (non-hydrogen) atoms. The molecule has 2 aliphatic rings. The van der Waals surface area contributed by atoms with Gasteiger partial charge >= 0.3 is 6.16 Å². The Labute approximate surface area is 254 Å². The standard InChI is InChI=1S/C27H31N2O.C4H8O6S.CH5N/c1-5-28(6-2)21-14-16-23-25(18-21)30-26-19-22(29(7-3)8-4)15-17-24(26)27(23)20-12-10-9-11-13-20;1-9-4(5)10-2-3-11(6,7)8;1-2/h9-19H,5-8H2,1-4H3;2-3H2,1H3,(H,6,7,8);2H2,1H3/q+1;;. The van der Waals surface area contributed by atoms with Crippen LogP contribution >= 0.6 is 0 Å². The van der Waals surface area contributed by atoms with Gasteiger partial charge in [0.2, 0.25) is 5.36 Å². The largest absolute Gasteiger partial charge is 0.508 e. The van der Waals surface area contributed by atoms with Crippen molar-refractivity contribution >= 4 is 32.9 Å². The van der Waals surface area contributed by atoms with E-state index in [-0.39, 0.29) is 0 Å². The third-order valence-corrected chi connectivity index (χ3v) is 7.42. The Hall–Kier alpha value is -3.93. The van der Waals surface area contributed by atoms with Gasteiger partial charge in [0.15, 0.2) is 0 Å². The molecule has 0 aromatic heterocycles. The molecule has 0 amide bonds. The minimum absolute atomic E-state index is 0.411. The molecule has 0 bridgehead atoms. The third kappa shape index (κ3) is 9.81. The second-order valence-electron chi connectivity index (χ2n) is 9.14. The number of methoxy groups -OCH3 is 1. The number of ether oxygens (including phenoxy) is 2. The predicted octanol–water partition coefficient (Wildman–Crippen LogP) is 5.09. The third-order valence-electron chi connectivity index (χ3n) is 6.74. The van der Waals surface area contributed by atoms with E-state index >= 15 is 0 Å². The fourth-order valence-corrected chi connectivity index (χ4v) is 4.94. The molecule has 2 aromatic rings. The maximum Gasteiger partial charge on any atom is 0.508 e. The van der Waals surface area contributed by atoms with Crippen molar-refractivity contribution in [1.29, 1.82) is 0 Å². The van der Waals surface area contributed by atoms with Crippen LogP contribution in [-0.2, 0) is 19.6 Å². The van der Waals surface area contributed by atoms with Gasteiger partial charge in [0.05, 0.1) is 13.2 Å². The molecule has 3 N–H and O–H groups in total. The van der Waals surface area contributed by atoms with Crippen LogP contribution in [0.15, 0.2) is 71.1 Å². The summed E-state index contributed by atoms with van der Waals surface area (Å²) in [6.45, 7) is 12.3. The predicted molar refractivity (Wildman–Crippen MR) is 173 cm³/mol. The van der Waals surface area contributed by atoms with Gasteiger partial charge in [-0.05, 0) is 58.5 Å². The maximum absolute atomic E-state index is 10.2. The van der Waals surface area contributed by atoms with Crippen molar-refractivity contribution in [1.82, 2.24) is 4.58 Å². The van der Waals surface area contributed by atoms with Crippen LogP contribution in [0, 0.1) is 0 Å². The monoisotopic (exact) mass is 614 g/mol. The summed E-state index contributed by atoms with van der Waals surface area (Å²) in [5.74, 6) is 0.310. The van der Waals surface area contributed by atoms with Crippen molar-refractivity contribution in [2.75, 3.05) is 57.6 Å². The first-order chi connectivity index (χ1) is 20.6. The second kappa shape index (κ2) is 17.3. The first-order valence-electron chi connectivity index (χ1n) is 14.3. The van der Waals surface area contributed by atoms with E-state index in [1.807, 2.05) is 0 Å². The van der Waals surface area contributed by atoms with Gasteiger partial charge in [-0.1, -0.05) is 30.3 Å². The van der Waals surface area contributed by atoms with Crippen molar-refractivity contribution in [2.45, 2.75) is 27.7 Å². The Bertz CT molecular complexity index is 1590. The molecule has 2 aromatic carbocycles. The quantitative estimate of drug-likeness (QED) is 0.114. The summed E-state index contributed by atoms with van der Waals surface area (Å²) in [4.78, 5) is 12.5. The summed E-state index contributed by atoms with van der Waals surface area (Å²) in [6, 6.07) is 23.9. The molecule has 1 aliphatic heterocycles. The van der Waals surface area contributed by atoms with Crippen LogP contribution in [0.2, 0.25) is 0 Å². The summed E-state index contributed by atoms with van der Waals surface area (Å²) in [6.07, 6.45) is -0.978. The highest BCUT2D eigenvalue weighted by Crippen LogP contribution is 2.40. The van der Waals surface area contributed by atoms with Crippen LogP contribution in [-0.4, -0.2) is 71.8 Å². The maximum atomic E-state index is 10.2. The number of benzene rings is 3. The van der Waals surface area contributed by atoms with Gasteiger partial charge in [0, 0.05) is 47.4 Å². The highest BCUT2D eigenvalue weighted by molar-refractivity contribution is 7.85. The zero-order valence-corrected chi connectivity index (χ0v) is 26.7. The van der Waals surface area contributed by atoms with E-state index in [0.29, 0.717) is 0 Å². The Balaban J connectivity index is 0.000000422. The molecule has 4 rings (SSSR count). The molecule has 0 radical (unpaired) electrons. The fraction of sp³-hybridized carbons (Fsp3) is 0.375. The number of nitrogens with two attached hydrogens (primary N) is 1. The van der Waals surface area contributed by atoms with E-state index in [1.54, 1.807) is 0 Å². The van der Waals surface area contributed by atoms with E-state index in [4.69, 9.17) is 8.97 Å². The summed E-state index contributed by atoms with van der Waals surface area (Å²) in [5, 5.41) is 2.36. The van der Waals surface area contributed by atoms with Gasteiger partial charge in [-0.3, -0.25) is 4.55 Å². The number of fused-ring (bicyclic) bond motifs is 2. The SMILES string of the molecule is CCN(CC)c1ccc2c(-c3ccccc3)c3ccc(=[N+](CC)CC)cc-3oc2c1.CN.COC(=O)OCCS(=O)(=O)O.